The van der Waals surface area contributed by atoms with Crippen LogP contribution in [0.25, 0.3) is 0 Å². The van der Waals surface area contributed by atoms with Crippen molar-refractivity contribution in [2.45, 2.75) is 17.0 Å². The van der Waals surface area contributed by atoms with Gasteiger partial charge in [0.1, 0.15) is 0 Å². The molecule has 25 heavy (non-hydrogen) atoms. The number of hydrogen-bond acceptors (Lipinski definition) is 5. The molecule has 0 fully saturated rings. The van der Waals surface area contributed by atoms with Gasteiger partial charge in [-0.15, -0.1) is 10.2 Å². The van der Waals surface area contributed by atoms with E-state index in [1.807, 2.05) is 0 Å². The third-order valence-corrected chi connectivity index (χ3v) is 5.89. The standard InChI is InChI=1S/C17H13Cl2N3OS2/c1-10-2-4-11(5-3-10)9-24-17-22-21-16(25-17)20-15(23)13-8-12(18)6-7-14(13)19/h2-8H,9H2,1H3,(H,20,21,23). The summed E-state index contributed by atoms with van der Waals surface area (Å²) in [7, 11) is 0. The van der Waals surface area contributed by atoms with Crippen LogP contribution in [-0.4, -0.2) is 16.1 Å². The second kappa shape index (κ2) is 8.19. The number of aryl methyl sites for hydroxylation is 1. The fourth-order valence-electron chi connectivity index (χ4n) is 1.98. The van der Waals surface area contributed by atoms with E-state index in [0.29, 0.717) is 20.7 Å². The summed E-state index contributed by atoms with van der Waals surface area (Å²) < 4.78 is 0.785. The molecule has 1 N–H and O–H groups in total. The maximum Gasteiger partial charge on any atom is 0.259 e. The zero-order valence-electron chi connectivity index (χ0n) is 13.1. The van der Waals surface area contributed by atoms with Gasteiger partial charge in [-0.2, -0.15) is 0 Å². The molecule has 0 spiro atoms. The van der Waals surface area contributed by atoms with Crippen molar-refractivity contribution in [3.05, 3.63) is 69.2 Å². The monoisotopic (exact) mass is 409 g/mol. The molecule has 0 aliphatic rings. The lowest BCUT2D eigenvalue weighted by molar-refractivity contribution is 0.102. The van der Waals surface area contributed by atoms with Crippen LogP contribution in [0.1, 0.15) is 21.5 Å². The molecule has 0 atom stereocenters. The number of aromatic nitrogens is 2. The second-order valence-electron chi connectivity index (χ2n) is 5.23. The predicted molar refractivity (Wildman–Crippen MR) is 105 cm³/mol. The average Bonchev–Trinajstić information content (AvgIpc) is 3.04. The van der Waals surface area contributed by atoms with E-state index in [1.165, 1.54) is 28.5 Å². The van der Waals surface area contributed by atoms with Gasteiger partial charge < -0.3 is 0 Å². The molecule has 8 heteroatoms. The number of carbonyl (C=O) groups is 1. The van der Waals surface area contributed by atoms with E-state index in [9.17, 15) is 4.79 Å². The molecule has 3 aromatic rings. The van der Waals surface area contributed by atoms with Gasteiger partial charge in [0, 0.05) is 10.8 Å². The van der Waals surface area contributed by atoms with Crippen LogP contribution in [0.4, 0.5) is 5.13 Å². The van der Waals surface area contributed by atoms with E-state index >= 15 is 0 Å². The van der Waals surface area contributed by atoms with Gasteiger partial charge in [-0.3, -0.25) is 10.1 Å². The van der Waals surface area contributed by atoms with Crippen LogP contribution in [0.5, 0.6) is 0 Å². The van der Waals surface area contributed by atoms with Gasteiger partial charge in [0.05, 0.1) is 10.6 Å². The molecule has 1 aromatic heterocycles. The molecule has 128 valence electrons. The van der Waals surface area contributed by atoms with E-state index in [-0.39, 0.29) is 5.91 Å². The molecule has 0 bridgehead atoms. The lowest BCUT2D eigenvalue weighted by atomic mass is 10.2. The van der Waals surface area contributed by atoms with Gasteiger partial charge in [0.2, 0.25) is 5.13 Å². The fraction of sp³-hybridized carbons (Fsp3) is 0.118. The molecule has 0 saturated carbocycles. The summed E-state index contributed by atoms with van der Waals surface area (Å²) >= 11 is 14.8. The van der Waals surface area contributed by atoms with Gasteiger partial charge in [0.25, 0.3) is 5.91 Å². The Balaban J connectivity index is 1.62. The fourth-order valence-corrected chi connectivity index (χ4v) is 4.06. The number of nitrogens with zero attached hydrogens (tertiary/aromatic N) is 2. The third-order valence-electron chi connectivity index (χ3n) is 3.28. The molecule has 3 rings (SSSR count). The highest BCUT2D eigenvalue weighted by atomic mass is 35.5. The highest BCUT2D eigenvalue weighted by Gasteiger charge is 2.14. The topological polar surface area (TPSA) is 54.9 Å². The number of carbonyl (C=O) groups excluding carboxylic acids is 1. The van der Waals surface area contributed by atoms with E-state index in [0.717, 1.165) is 10.1 Å². The lowest BCUT2D eigenvalue weighted by Crippen LogP contribution is -2.12. The third kappa shape index (κ3) is 4.95. The summed E-state index contributed by atoms with van der Waals surface area (Å²) in [6.07, 6.45) is 0. The average molecular weight is 410 g/mol. The number of amides is 1. The Labute approximate surface area is 163 Å². The van der Waals surface area contributed by atoms with Gasteiger partial charge in [0.15, 0.2) is 4.34 Å². The van der Waals surface area contributed by atoms with Crippen molar-refractivity contribution in [1.82, 2.24) is 10.2 Å². The number of thioether (sulfide) groups is 1. The van der Waals surface area contributed by atoms with Crippen molar-refractivity contribution in [1.29, 1.82) is 0 Å². The molecule has 0 unspecified atom stereocenters. The van der Waals surface area contributed by atoms with Crippen LogP contribution in [0.3, 0.4) is 0 Å². The first-order valence-corrected chi connectivity index (χ1v) is 9.85. The number of rotatable bonds is 5. The molecule has 1 amide bonds. The van der Waals surface area contributed by atoms with E-state index < -0.39 is 0 Å². The van der Waals surface area contributed by atoms with Crippen LogP contribution < -0.4 is 5.32 Å². The Bertz CT molecular complexity index is 897. The summed E-state index contributed by atoms with van der Waals surface area (Å²) in [6, 6.07) is 13.1. The molecule has 4 nitrogen and oxygen atoms in total. The Kier molecular flexibility index (Phi) is 5.96. The Hall–Kier alpha value is -1.60. The number of nitrogens with one attached hydrogen (secondary N) is 1. The lowest BCUT2D eigenvalue weighted by Gasteiger charge is -2.03. The first-order valence-electron chi connectivity index (χ1n) is 7.29. The number of hydrogen-bond donors (Lipinski definition) is 1. The van der Waals surface area contributed by atoms with Crippen molar-refractivity contribution < 1.29 is 4.79 Å². The minimum atomic E-state index is -0.362. The maximum absolute atomic E-state index is 12.3. The van der Waals surface area contributed by atoms with Crippen LogP contribution in [0.15, 0.2) is 46.8 Å². The smallest absolute Gasteiger partial charge is 0.259 e. The minimum Gasteiger partial charge on any atom is -0.296 e. The molecular weight excluding hydrogens is 397 g/mol. The molecule has 1 heterocycles. The van der Waals surface area contributed by atoms with Crippen LogP contribution in [0, 0.1) is 6.92 Å². The highest BCUT2D eigenvalue weighted by molar-refractivity contribution is 8.00. The first-order chi connectivity index (χ1) is 12.0. The minimum absolute atomic E-state index is 0.304. The number of halogens is 2. The molecule has 2 aromatic carbocycles. The quantitative estimate of drug-likeness (QED) is 0.433. The van der Waals surface area contributed by atoms with E-state index in [1.54, 1.807) is 23.9 Å². The Morgan fingerprint density at radius 3 is 2.68 bits per heavy atom. The summed E-state index contributed by atoms with van der Waals surface area (Å²) in [5, 5.41) is 12.0. The molecule has 0 aliphatic heterocycles. The highest BCUT2D eigenvalue weighted by Crippen LogP contribution is 2.29. The Morgan fingerprint density at radius 2 is 1.92 bits per heavy atom. The van der Waals surface area contributed by atoms with Crippen LogP contribution in [-0.2, 0) is 5.75 Å². The van der Waals surface area contributed by atoms with Gasteiger partial charge in [-0.05, 0) is 30.7 Å². The number of benzene rings is 2. The Morgan fingerprint density at radius 1 is 1.16 bits per heavy atom. The molecule has 0 saturated heterocycles. The second-order valence-corrected chi connectivity index (χ2v) is 8.27. The largest absolute Gasteiger partial charge is 0.296 e. The maximum atomic E-state index is 12.3. The van der Waals surface area contributed by atoms with Crippen molar-refractivity contribution in [3.63, 3.8) is 0 Å². The number of anilines is 1. The van der Waals surface area contributed by atoms with Gasteiger partial charge in [-0.1, -0.05) is 76.1 Å². The first kappa shape index (κ1) is 18.2. The molecular formula is C17H13Cl2N3OS2. The van der Waals surface area contributed by atoms with Crippen molar-refractivity contribution >= 4 is 57.3 Å². The van der Waals surface area contributed by atoms with E-state index in [2.05, 4.69) is 46.7 Å². The van der Waals surface area contributed by atoms with Gasteiger partial charge >= 0.3 is 0 Å². The normalized spacial score (nSPS) is 10.7. The van der Waals surface area contributed by atoms with Crippen LogP contribution in [0.2, 0.25) is 10.0 Å². The molecule has 0 aliphatic carbocycles. The van der Waals surface area contributed by atoms with E-state index in [4.69, 9.17) is 23.2 Å². The molecule has 0 radical (unpaired) electrons. The predicted octanol–water partition coefficient (Wildman–Crippen LogP) is 5.70. The summed E-state index contributed by atoms with van der Waals surface area (Å²) in [6.45, 7) is 2.06. The summed E-state index contributed by atoms with van der Waals surface area (Å²) in [5.41, 5.74) is 2.75. The summed E-state index contributed by atoms with van der Waals surface area (Å²) in [5.74, 6) is 0.432. The zero-order valence-corrected chi connectivity index (χ0v) is 16.3. The van der Waals surface area contributed by atoms with Crippen molar-refractivity contribution in [2.75, 3.05) is 5.32 Å². The van der Waals surface area contributed by atoms with Crippen molar-refractivity contribution in [3.8, 4) is 0 Å². The van der Waals surface area contributed by atoms with Gasteiger partial charge in [-0.25, -0.2) is 0 Å². The van der Waals surface area contributed by atoms with Crippen LogP contribution >= 0.6 is 46.3 Å². The van der Waals surface area contributed by atoms with Crippen molar-refractivity contribution in [2.24, 2.45) is 0 Å². The zero-order chi connectivity index (χ0) is 17.8. The SMILES string of the molecule is Cc1ccc(CSc2nnc(NC(=O)c3cc(Cl)ccc3Cl)s2)cc1. The summed E-state index contributed by atoms with van der Waals surface area (Å²) in [4.78, 5) is 12.3.